The zero-order chi connectivity index (χ0) is 12.0. The molecule has 0 spiro atoms. The summed E-state index contributed by atoms with van der Waals surface area (Å²) in [6, 6.07) is 6.20. The van der Waals surface area contributed by atoms with Crippen molar-refractivity contribution in [3.05, 3.63) is 40.6 Å². The van der Waals surface area contributed by atoms with Gasteiger partial charge < -0.3 is 5.11 Å². The third-order valence-electron chi connectivity index (χ3n) is 3.85. The number of hydrogen-bond donors (Lipinski definition) is 1. The number of rotatable bonds is 0. The average molecular weight is 227 g/mol. The van der Waals surface area contributed by atoms with Gasteiger partial charge in [-0.25, -0.2) is 4.98 Å². The van der Waals surface area contributed by atoms with E-state index in [4.69, 9.17) is 0 Å². The van der Waals surface area contributed by atoms with Gasteiger partial charge in [0.15, 0.2) is 0 Å². The molecule has 1 unspecified atom stereocenters. The van der Waals surface area contributed by atoms with Crippen LogP contribution in [0, 0.1) is 13.8 Å². The summed E-state index contributed by atoms with van der Waals surface area (Å²) < 4.78 is 0. The van der Waals surface area contributed by atoms with Crippen LogP contribution in [0.3, 0.4) is 0 Å². The molecule has 1 aliphatic rings. The lowest BCUT2D eigenvalue weighted by Gasteiger charge is -2.23. The van der Waals surface area contributed by atoms with Crippen molar-refractivity contribution in [2.24, 2.45) is 0 Å². The number of fused-ring (bicyclic) bond motifs is 2. The van der Waals surface area contributed by atoms with Gasteiger partial charge in [-0.05, 0) is 55.9 Å². The first-order chi connectivity index (χ1) is 8.18. The van der Waals surface area contributed by atoms with Crippen LogP contribution in [-0.2, 0) is 6.42 Å². The molecule has 1 N–H and O–H groups in total. The monoisotopic (exact) mass is 227 g/mol. The van der Waals surface area contributed by atoms with Crippen molar-refractivity contribution in [2.45, 2.75) is 39.2 Å². The lowest BCUT2D eigenvalue weighted by atomic mass is 9.88. The maximum Gasteiger partial charge on any atom is 0.0963 e. The summed E-state index contributed by atoms with van der Waals surface area (Å²) in [5.74, 6) is 0. The molecule has 2 heteroatoms. The second-order valence-corrected chi connectivity index (χ2v) is 4.98. The molecule has 3 rings (SSSR count). The van der Waals surface area contributed by atoms with E-state index in [-0.39, 0.29) is 6.10 Å². The molecule has 0 amide bonds. The van der Waals surface area contributed by atoms with E-state index in [1.54, 1.807) is 0 Å². The fourth-order valence-corrected chi connectivity index (χ4v) is 2.97. The number of pyridine rings is 1. The Bertz CT molecular complexity index is 589. The second-order valence-electron chi connectivity index (χ2n) is 4.98. The Balaban J connectivity index is 2.39. The molecule has 88 valence electrons. The van der Waals surface area contributed by atoms with Crippen molar-refractivity contribution in [1.82, 2.24) is 4.98 Å². The molecule has 1 aromatic carbocycles. The van der Waals surface area contributed by atoms with Crippen molar-refractivity contribution >= 4 is 10.9 Å². The topological polar surface area (TPSA) is 33.1 Å². The summed E-state index contributed by atoms with van der Waals surface area (Å²) in [5, 5.41) is 11.3. The fraction of sp³-hybridized carbons (Fsp3) is 0.400. The zero-order valence-electron chi connectivity index (χ0n) is 10.3. The van der Waals surface area contributed by atoms with Crippen LogP contribution in [0.2, 0.25) is 0 Å². The highest BCUT2D eigenvalue weighted by Crippen LogP contribution is 2.34. The molecular formula is C15H17NO. The predicted molar refractivity (Wildman–Crippen MR) is 69.1 cm³/mol. The van der Waals surface area contributed by atoms with Crippen LogP contribution in [0.1, 0.15) is 41.3 Å². The Morgan fingerprint density at radius 2 is 2.12 bits per heavy atom. The van der Waals surface area contributed by atoms with Gasteiger partial charge in [-0.3, -0.25) is 0 Å². The number of nitrogens with zero attached hydrogens (tertiary/aromatic N) is 1. The summed E-state index contributed by atoms with van der Waals surface area (Å²) in [7, 11) is 0. The fourth-order valence-electron chi connectivity index (χ4n) is 2.97. The van der Waals surface area contributed by atoms with Gasteiger partial charge in [0.05, 0.1) is 17.3 Å². The number of benzene rings is 1. The van der Waals surface area contributed by atoms with Crippen LogP contribution in [0.5, 0.6) is 0 Å². The smallest absolute Gasteiger partial charge is 0.0963 e. The molecule has 1 atom stereocenters. The van der Waals surface area contributed by atoms with E-state index in [0.29, 0.717) is 0 Å². The first-order valence-corrected chi connectivity index (χ1v) is 6.25. The van der Waals surface area contributed by atoms with Gasteiger partial charge in [-0.15, -0.1) is 0 Å². The maximum atomic E-state index is 10.1. The molecule has 1 heterocycles. The van der Waals surface area contributed by atoms with E-state index in [1.807, 2.05) is 12.1 Å². The largest absolute Gasteiger partial charge is 0.387 e. The number of aromatic nitrogens is 1. The van der Waals surface area contributed by atoms with E-state index in [2.05, 4.69) is 24.9 Å². The molecule has 0 saturated carbocycles. The molecule has 0 radical (unpaired) electrons. The molecule has 0 fully saturated rings. The van der Waals surface area contributed by atoms with Gasteiger partial charge in [0, 0.05) is 5.39 Å². The van der Waals surface area contributed by atoms with E-state index >= 15 is 0 Å². The van der Waals surface area contributed by atoms with E-state index in [9.17, 15) is 5.11 Å². The van der Waals surface area contributed by atoms with E-state index < -0.39 is 0 Å². The maximum absolute atomic E-state index is 10.1. The number of aryl methyl sites for hydroxylation is 2. The van der Waals surface area contributed by atoms with Crippen LogP contribution in [-0.4, -0.2) is 10.1 Å². The molecular weight excluding hydrogens is 210 g/mol. The van der Waals surface area contributed by atoms with E-state index in [0.717, 1.165) is 30.5 Å². The Labute approximate surface area is 101 Å². The van der Waals surface area contributed by atoms with Gasteiger partial charge in [-0.2, -0.15) is 0 Å². The van der Waals surface area contributed by atoms with Crippen molar-refractivity contribution in [3.63, 3.8) is 0 Å². The Hall–Kier alpha value is -1.41. The average Bonchev–Trinajstić information content (AvgIpc) is 2.31. The third kappa shape index (κ3) is 1.55. The summed E-state index contributed by atoms with van der Waals surface area (Å²) in [6.07, 6.45) is 2.59. The first kappa shape index (κ1) is 10.7. The Morgan fingerprint density at radius 1 is 1.29 bits per heavy atom. The minimum atomic E-state index is -0.373. The standard InChI is InChI=1S/C15H17NO/c1-9-5-3-7-12-14(9)10(2)11-6-4-8-13(17)15(11)16-12/h3,5,7,13,17H,4,6,8H2,1-2H3. The zero-order valence-corrected chi connectivity index (χ0v) is 10.3. The van der Waals surface area contributed by atoms with Crippen molar-refractivity contribution in [3.8, 4) is 0 Å². The summed E-state index contributed by atoms with van der Waals surface area (Å²) >= 11 is 0. The minimum Gasteiger partial charge on any atom is -0.387 e. The van der Waals surface area contributed by atoms with Crippen LogP contribution in [0.15, 0.2) is 18.2 Å². The Kier molecular flexibility index (Phi) is 2.40. The predicted octanol–water partition coefficient (Wildman–Crippen LogP) is 3.22. The molecule has 0 aliphatic heterocycles. The van der Waals surface area contributed by atoms with Crippen molar-refractivity contribution in [2.75, 3.05) is 0 Å². The molecule has 1 aliphatic carbocycles. The lowest BCUT2D eigenvalue weighted by Crippen LogP contribution is -2.13. The molecule has 2 aromatic rings. The summed E-state index contributed by atoms with van der Waals surface area (Å²) in [6.45, 7) is 4.29. The van der Waals surface area contributed by atoms with E-state index in [1.165, 1.54) is 22.1 Å². The van der Waals surface area contributed by atoms with Crippen LogP contribution < -0.4 is 0 Å². The SMILES string of the molecule is Cc1cccc2nc3c(c(C)c12)CCCC3O. The molecule has 0 bridgehead atoms. The van der Waals surface area contributed by atoms with Gasteiger partial charge in [0.1, 0.15) is 0 Å². The quantitative estimate of drug-likeness (QED) is 0.749. The summed E-state index contributed by atoms with van der Waals surface area (Å²) in [4.78, 5) is 4.67. The van der Waals surface area contributed by atoms with Gasteiger partial charge >= 0.3 is 0 Å². The third-order valence-corrected chi connectivity index (χ3v) is 3.85. The minimum absolute atomic E-state index is 0.373. The molecule has 1 aromatic heterocycles. The number of hydrogen-bond acceptors (Lipinski definition) is 2. The molecule has 2 nitrogen and oxygen atoms in total. The number of aliphatic hydroxyl groups excluding tert-OH is 1. The van der Waals surface area contributed by atoms with Gasteiger partial charge in [0.25, 0.3) is 0 Å². The second kappa shape index (κ2) is 3.81. The van der Waals surface area contributed by atoms with Gasteiger partial charge in [-0.1, -0.05) is 12.1 Å². The lowest BCUT2D eigenvalue weighted by molar-refractivity contribution is 0.152. The highest BCUT2D eigenvalue weighted by atomic mass is 16.3. The molecule has 17 heavy (non-hydrogen) atoms. The highest BCUT2D eigenvalue weighted by Gasteiger charge is 2.22. The van der Waals surface area contributed by atoms with Crippen LogP contribution in [0.25, 0.3) is 10.9 Å². The first-order valence-electron chi connectivity index (χ1n) is 6.25. The number of aliphatic hydroxyl groups is 1. The van der Waals surface area contributed by atoms with Crippen LogP contribution in [0.4, 0.5) is 0 Å². The Morgan fingerprint density at radius 3 is 2.94 bits per heavy atom. The van der Waals surface area contributed by atoms with Gasteiger partial charge in [0.2, 0.25) is 0 Å². The van der Waals surface area contributed by atoms with Crippen molar-refractivity contribution < 1.29 is 5.11 Å². The van der Waals surface area contributed by atoms with Crippen LogP contribution >= 0.6 is 0 Å². The van der Waals surface area contributed by atoms with Crippen molar-refractivity contribution in [1.29, 1.82) is 0 Å². The highest BCUT2D eigenvalue weighted by molar-refractivity contribution is 5.86. The molecule has 0 saturated heterocycles. The normalized spacial score (nSPS) is 19.4. The summed E-state index contributed by atoms with van der Waals surface area (Å²) in [5.41, 5.74) is 5.77.